The molecule has 72 valence electrons. The molecular formula is C8H13N3S2. The molecule has 0 bridgehead atoms. The summed E-state index contributed by atoms with van der Waals surface area (Å²) in [5.41, 5.74) is 0. The minimum atomic E-state index is 0.678. The molecule has 0 aromatic rings. The predicted octanol–water partition coefficient (Wildman–Crippen LogP) is 0.627. The quantitative estimate of drug-likeness (QED) is 0.520. The zero-order valence-corrected chi connectivity index (χ0v) is 9.01. The van der Waals surface area contributed by atoms with Crippen molar-refractivity contribution in [2.75, 3.05) is 19.6 Å². The van der Waals surface area contributed by atoms with Gasteiger partial charge in [0.15, 0.2) is 10.2 Å². The first-order chi connectivity index (χ1) is 6.25. The first kappa shape index (κ1) is 10.4. The van der Waals surface area contributed by atoms with Crippen molar-refractivity contribution in [1.82, 2.24) is 15.5 Å². The van der Waals surface area contributed by atoms with Crippen molar-refractivity contribution in [3.8, 4) is 0 Å². The van der Waals surface area contributed by atoms with Crippen LogP contribution in [0.15, 0.2) is 12.7 Å². The van der Waals surface area contributed by atoms with Crippen LogP contribution < -0.4 is 10.6 Å². The van der Waals surface area contributed by atoms with E-state index >= 15 is 0 Å². The monoisotopic (exact) mass is 215 g/mol. The lowest BCUT2D eigenvalue weighted by molar-refractivity contribution is 0.508. The average Bonchev–Trinajstić information content (AvgIpc) is 2.15. The second-order valence-electron chi connectivity index (χ2n) is 2.71. The van der Waals surface area contributed by atoms with Crippen LogP contribution in [0.5, 0.6) is 0 Å². The van der Waals surface area contributed by atoms with Crippen LogP contribution in [0, 0.1) is 0 Å². The molecule has 1 aliphatic rings. The normalized spacial score (nSPS) is 16.3. The van der Waals surface area contributed by atoms with Crippen molar-refractivity contribution in [3.05, 3.63) is 12.7 Å². The van der Waals surface area contributed by atoms with E-state index in [1.165, 1.54) is 0 Å². The molecule has 0 aromatic carbocycles. The van der Waals surface area contributed by atoms with Crippen LogP contribution >= 0.6 is 24.4 Å². The highest BCUT2D eigenvalue weighted by atomic mass is 32.1. The lowest BCUT2D eigenvalue weighted by Crippen LogP contribution is -2.52. The molecule has 13 heavy (non-hydrogen) atoms. The zero-order chi connectivity index (χ0) is 9.68. The Morgan fingerprint density at radius 1 is 1.77 bits per heavy atom. The van der Waals surface area contributed by atoms with Crippen LogP contribution in [0.4, 0.5) is 0 Å². The number of thiocarbonyl (C=S) groups is 2. The topological polar surface area (TPSA) is 27.3 Å². The third-order valence-corrected chi connectivity index (χ3v) is 2.45. The third-order valence-electron chi connectivity index (χ3n) is 1.72. The Balaban J connectivity index is 2.43. The Morgan fingerprint density at radius 2 is 2.54 bits per heavy atom. The van der Waals surface area contributed by atoms with Crippen LogP contribution in [0.25, 0.3) is 0 Å². The van der Waals surface area contributed by atoms with Crippen LogP contribution in [-0.2, 0) is 0 Å². The minimum Gasteiger partial charge on any atom is -0.362 e. The van der Waals surface area contributed by atoms with Crippen molar-refractivity contribution < 1.29 is 0 Å². The van der Waals surface area contributed by atoms with Gasteiger partial charge in [0.25, 0.3) is 0 Å². The number of nitrogens with one attached hydrogen (secondary N) is 2. The van der Waals surface area contributed by atoms with E-state index in [0.29, 0.717) is 16.8 Å². The molecule has 0 spiro atoms. The summed E-state index contributed by atoms with van der Waals surface area (Å²) in [6, 6.07) is 0. The number of hydrogen-bond donors (Lipinski definition) is 2. The highest BCUT2D eigenvalue weighted by Gasteiger charge is 2.17. The number of rotatable bonds is 2. The fourth-order valence-electron chi connectivity index (χ4n) is 1.08. The average molecular weight is 215 g/mol. The van der Waals surface area contributed by atoms with E-state index in [-0.39, 0.29) is 0 Å². The molecule has 1 saturated heterocycles. The molecule has 1 rings (SSSR count). The standard InChI is InChI=1S/C8H13N3S2/c1-2-4-9-7(12)11-6-3-5-10-8(11)13/h2H,1,3-6H2,(H,9,12)(H,10,13). The summed E-state index contributed by atoms with van der Waals surface area (Å²) in [7, 11) is 0. The molecular weight excluding hydrogens is 202 g/mol. The molecule has 0 saturated carbocycles. The van der Waals surface area contributed by atoms with E-state index in [9.17, 15) is 0 Å². The summed E-state index contributed by atoms with van der Waals surface area (Å²) in [5.74, 6) is 0. The van der Waals surface area contributed by atoms with E-state index in [0.717, 1.165) is 19.5 Å². The van der Waals surface area contributed by atoms with E-state index in [1.54, 1.807) is 6.08 Å². The van der Waals surface area contributed by atoms with Crippen molar-refractivity contribution in [2.45, 2.75) is 6.42 Å². The van der Waals surface area contributed by atoms with Gasteiger partial charge in [0, 0.05) is 19.6 Å². The van der Waals surface area contributed by atoms with Gasteiger partial charge < -0.3 is 10.6 Å². The van der Waals surface area contributed by atoms with Crippen LogP contribution in [-0.4, -0.2) is 34.8 Å². The molecule has 0 unspecified atom stereocenters. The summed E-state index contributed by atoms with van der Waals surface area (Å²) >= 11 is 10.3. The minimum absolute atomic E-state index is 0.678. The lowest BCUT2D eigenvalue weighted by Gasteiger charge is -2.30. The van der Waals surface area contributed by atoms with Gasteiger partial charge in [-0.2, -0.15) is 0 Å². The van der Waals surface area contributed by atoms with Gasteiger partial charge in [-0.3, -0.25) is 4.90 Å². The Hall–Kier alpha value is -0.680. The van der Waals surface area contributed by atoms with Gasteiger partial charge in [-0.25, -0.2) is 0 Å². The molecule has 0 amide bonds. The summed E-state index contributed by atoms with van der Waals surface area (Å²) in [4.78, 5) is 1.90. The molecule has 1 heterocycles. The Morgan fingerprint density at radius 3 is 3.15 bits per heavy atom. The Bertz CT molecular complexity index is 227. The van der Waals surface area contributed by atoms with Crippen LogP contribution in [0.1, 0.15) is 6.42 Å². The zero-order valence-electron chi connectivity index (χ0n) is 7.38. The van der Waals surface area contributed by atoms with E-state index in [2.05, 4.69) is 17.2 Å². The largest absolute Gasteiger partial charge is 0.362 e. The maximum atomic E-state index is 5.16. The molecule has 0 aliphatic carbocycles. The summed E-state index contributed by atoms with van der Waals surface area (Å²) in [6.07, 6.45) is 2.84. The maximum absolute atomic E-state index is 5.16. The first-order valence-corrected chi connectivity index (χ1v) is 5.01. The van der Waals surface area contributed by atoms with E-state index in [4.69, 9.17) is 24.4 Å². The van der Waals surface area contributed by atoms with Gasteiger partial charge in [-0.05, 0) is 30.9 Å². The SMILES string of the molecule is C=CCNC(=S)N1CCCNC1=S. The fourth-order valence-corrected chi connectivity index (χ4v) is 1.69. The lowest BCUT2D eigenvalue weighted by atomic mass is 10.3. The molecule has 0 atom stereocenters. The van der Waals surface area contributed by atoms with Crippen molar-refractivity contribution in [3.63, 3.8) is 0 Å². The van der Waals surface area contributed by atoms with Gasteiger partial charge in [-0.1, -0.05) is 6.08 Å². The van der Waals surface area contributed by atoms with Gasteiger partial charge in [0.2, 0.25) is 0 Å². The number of hydrogen-bond acceptors (Lipinski definition) is 2. The van der Waals surface area contributed by atoms with E-state index < -0.39 is 0 Å². The van der Waals surface area contributed by atoms with Crippen molar-refractivity contribution in [2.24, 2.45) is 0 Å². The Labute approximate surface area is 89.2 Å². The smallest absolute Gasteiger partial charge is 0.175 e. The van der Waals surface area contributed by atoms with E-state index in [1.807, 2.05) is 4.90 Å². The molecule has 5 heteroatoms. The summed E-state index contributed by atoms with van der Waals surface area (Å²) in [5, 5.41) is 7.53. The molecule has 2 N–H and O–H groups in total. The van der Waals surface area contributed by atoms with Crippen molar-refractivity contribution in [1.29, 1.82) is 0 Å². The van der Waals surface area contributed by atoms with Gasteiger partial charge >= 0.3 is 0 Å². The highest BCUT2D eigenvalue weighted by molar-refractivity contribution is 7.81. The third kappa shape index (κ3) is 2.93. The molecule has 0 radical (unpaired) electrons. The molecule has 1 fully saturated rings. The van der Waals surface area contributed by atoms with Gasteiger partial charge in [0.05, 0.1) is 0 Å². The number of nitrogens with zero attached hydrogens (tertiary/aromatic N) is 1. The fraction of sp³-hybridized carbons (Fsp3) is 0.500. The molecule has 1 aliphatic heterocycles. The molecule has 3 nitrogen and oxygen atoms in total. The van der Waals surface area contributed by atoms with Crippen molar-refractivity contribution >= 4 is 34.7 Å². The summed E-state index contributed by atoms with van der Waals surface area (Å²) < 4.78 is 0. The van der Waals surface area contributed by atoms with Gasteiger partial charge in [0.1, 0.15) is 0 Å². The van der Waals surface area contributed by atoms with Gasteiger partial charge in [-0.15, -0.1) is 6.58 Å². The van der Waals surface area contributed by atoms with Crippen LogP contribution in [0.3, 0.4) is 0 Å². The maximum Gasteiger partial charge on any atom is 0.175 e. The Kier molecular flexibility index (Phi) is 4.11. The summed E-state index contributed by atoms with van der Waals surface area (Å²) in [6.45, 7) is 6.13. The second-order valence-corrected chi connectivity index (χ2v) is 3.49. The second kappa shape index (κ2) is 5.14. The first-order valence-electron chi connectivity index (χ1n) is 4.20. The molecule has 0 aromatic heterocycles. The highest BCUT2D eigenvalue weighted by Crippen LogP contribution is 1.99. The predicted molar refractivity (Wildman–Crippen MR) is 62.7 cm³/mol. The van der Waals surface area contributed by atoms with Crippen LogP contribution in [0.2, 0.25) is 0 Å².